The number of likely N-dealkylation sites (tertiary alicyclic amines) is 2. The second-order valence-electron chi connectivity index (χ2n) is 8.77. The van der Waals surface area contributed by atoms with Gasteiger partial charge in [-0.25, -0.2) is 13.2 Å². The van der Waals surface area contributed by atoms with E-state index in [0.717, 1.165) is 51.5 Å². The van der Waals surface area contributed by atoms with Crippen LogP contribution in [0.2, 0.25) is 0 Å². The van der Waals surface area contributed by atoms with Crippen LogP contribution in [0, 0.1) is 29.3 Å². The maximum Gasteiger partial charge on any atom is 0.225 e. The number of carbonyl (C=O) groups excluding carboxylic acids is 1. The summed E-state index contributed by atoms with van der Waals surface area (Å²) in [6.07, 6.45) is 3.65. The van der Waals surface area contributed by atoms with Gasteiger partial charge in [-0.3, -0.25) is 4.79 Å². The van der Waals surface area contributed by atoms with Gasteiger partial charge in [0.2, 0.25) is 5.91 Å². The molecule has 30 heavy (non-hydrogen) atoms. The molecule has 3 aliphatic heterocycles. The molecule has 3 fully saturated rings. The molecule has 0 radical (unpaired) electrons. The van der Waals surface area contributed by atoms with E-state index in [1.165, 1.54) is 6.42 Å². The normalized spacial score (nSPS) is 24.4. The average Bonchev–Trinajstić information content (AvgIpc) is 3.24. The van der Waals surface area contributed by atoms with Gasteiger partial charge in [-0.05, 0) is 51.4 Å². The number of benzene rings is 1. The number of nitrogens with one attached hydrogen (secondary N) is 1. The van der Waals surface area contributed by atoms with Gasteiger partial charge in [-0.1, -0.05) is 0 Å². The molecule has 3 aliphatic rings. The van der Waals surface area contributed by atoms with Crippen LogP contribution in [0.4, 0.5) is 13.2 Å². The Labute approximate surface area is 175 Å². The van der Waals surface area contributed by atoms with E-state index in [2.05, 4.69) is 10.2 Å². The fraction of sp³-hybridized carbons (Fsp3) is 0.682. The maximum absolute atomic E-state index is 13.8. The van der Waals surface area contributed by atoms with Crippen LogP contribution in [0.15, 0.2) is 12.1 Å². The Balaban J connectivity index is 1.22. The molecular formula is C22H30F3N3O2. The van der Waals surface area contributed by atoms with E-state index in [0.29, 0.717) is 38.1 Å². The first-order valence-electron chi connectivity index (χ1n) is 11.0. The molecule has 1 aromatic rings. The molecule has 0 bridgehead atoms. The second-order valence-corrected chi connectivity index (χ2v) is 8.77. The summed E-state index contributed by atoms with van der Waals surface area (Å²) in [5.74, 6) is -2.60. The number of rotatable bonds is 5. The highest BCUT2D eigenvalue weighted by atomic mass is 19.1. The monoisotopic (exact) mass is 425 g/mol. The lowest BCUT2D eigenvalue weighted by atomic mass is 9.93. The highest BCUT2D eigenvalue weighted by Crippen LogP contribution is 2.28. The second kappa shape index (κ2) is 9.56. The number of piperidine rings is 2. The molecule has 1 aromatic carbocycles. The summed E-state index contributed by atoms with van der Waals surface area (Å²) in [4.78, 5) is 17.2. The molecule has 3 saturated heterocycles. The van der Waals surface area contributed by atoms with Crippen LogP contribution in [0.1, 0.15) is 32.1 Å². The molecular weight excluding hydrogens is 395 g/mol. The molecule has 1 N–H and O–H groups in total. The van der Waals surface area contributed by atoms with Crippen molar-refractivity contribution < 1.29 is 22.7 Å². The quantitative estimate of drug-likeness (QED) is 0.788. The molecule has 0 aliphatic carbocycles. The van der Waals surface area contributed by atoms with Crippen molar-refractivity contribution in [3.63, 3.8) is 0 Å². The molecule has 0 aromatic heterocycles. The first-order valence-corrected chi connectivity index (χ1v) is 11.0. The number of ether oxygens (including phenoxy) is 1. The van der Waals surface area contributed by atoms with Crippen LogP contribution < -0.4 is 10.1 Å². The predicted octanol–water partition coefficient (Wildman–Crippen LogP) is 2.80. The summed E-state index contributed by atoms with van der Waals surface area (Å²) < 4.78 is 46.1. The smallest absolute Gasteiger partial charge is 0.225 e. The maximum atomic E-state index is 13.8. The Bertz CT molecular complexity index is 718. The summed E-state index contributed by atoms with van der Waals surface area (Å²) in [7, 11) is 0. The van der Waals surface area contributed by atoms with Crippen LogP contribution in [-0.4, -0.2) is 67.6 Å². The third kappa shape index (κ3) is 5.09. The van der Waals surface area contributed by atoms with E-state index in [1.807, 2.05) is 4.90 Å². The van der Waals surface area contributed by atoms with Crippen LogP contribution in [-0.2, 0) is 4.79 Å². The molecule has 8 heteroatoms. The van der Waals surface area contributed by atoms with Gasteiger partial charge in [0.1, 0.15) is 11.9 Å². The summed E-state index contributed by atoms with van der Waals surface area (Å²) in [5.41, 5.74) is 0. The number of carbonyl (C=O) groups is 1. The minimum Gasteiger partial charge on any atom is -0.484 e. The topological polar surface area (TPSA) is 44.8 Å². The third-order valence-electron chi connectivity index (χ3n) is 6.62. The van der Waals surface area contributed by atoms with Crippen molar-refractivity contribution in [1.29, 1.82) is 0 Å². The van der Waals surface area contributed by atoms with Crippen molar-refractivity contribution in [2.45, 2.75) is 38.2 Å². The minimum absolute atomic E-state index is 0.0624. The third-order valence-corrected chi connectivity index (χ3v) is 6.62. The average molecular weight is 425 g/mol. The molecule has 0 saturated carbocycles. The van der Waals surface area contributed by atoms with Crippen molar-refractivity contribution in [3.8, 4) is 5.75 Å². The molecule has 1 unspecified atom stereocenters. The SMILES string of the molecule is O=C(C1CCN(CC2CCNC2)CC1)N1CCC(Oc2c(F)cc(F)cc2F)CC1. The van der Waals surface area contributed by atoms with Crippen LogP contribution in [0.25, 0.3) is 0 Å². The lowest BCUT2D eigenvalue weighted by Gasteiger charge is -2.37. The van der Waals surface area contributed by atoms with Crippen molar-refractivity contribution in [2.75, 3.05) is 45.8 Å². The Hall–Kier alpha value is -1.80. The number of amides is 1. The zero-order chi connectivity index (χ0) is 21.1. The highest BCUT2D eigenvalue weighted by molar-refractivity contribution is 5.79. The van der Waals surface area contributed by atoms with Crippen molar-refractivity contribution in [1.82, 2.24) is 15.1 Å². The molecule has 1 amide bonds. The minimum atomic E-state index is -1.04. The predicted molar refractivity (Wildman–Crippen MR) is 107 cm³/mol. The Morgan fingerprint density at radius 3 is 2.27 bits per heavy atom. The lowest BCUT2D eigenvalue weighted by Crippen LogP contribution is -2.47. The summed E-state index contributed by atoms with van der Waals surface area (Å²) in [5, 5.41) is 3.40. The zero-order valence-corrected chi connectivity index (χ0v) is 17.2. The fourth-order valence-electron chi connectivity index (χ4n) is 4.86. The standard InChI is InChI=1S/C22H30F3N3O2/c23-17-11-19(24)21(20(25)12-17)30-18-4-9-28(10-5-18)22(29)16-2-7-27(8-3-16)14-15-1-6-26-13-15/h11-12,15-16,18,26H,1-10,13-14H2. The Kier molecular flexibility index (Phi) is 6.83. The van der Waals surface area contributed by atoms with Gasteiger partial charge in [0.05, 0.1) is 0 Å². The first kappa shape index (κ1) is 21.4. The van der Waals surface area contributed by atoms with E-state index in [9.17, 15) is 18.0 Å². The van der Waals surface area contributed by atoms with E-state index < -0.39 is 23.2 Å². The Morgan fingerprint density at radius 2 is 1.67 bits per heavy atom. The molecule has 3 heterocycles. The fourth-order valence-corrected chi connectivity index (χ4v) is 4.86. The number of hydrogen-bond donors (Lipinski definition) is 1. The van der Waals surface area contributed by atoms with E-state index in [4.69, 9.17) is 4.74 Å². The van der Waals surface area contributed by atoms with Crippen molar-refractivity contribution in [3.05, 3.63) is 29.6 Å². The molecule has 0 spiro atoms. The highest BCUT2D eigenvalue weighted by Gasteiger charge is 2.32. The van der Waals surface area contributed by atoms with Crippen molar-refractivity contribution in [2.24, 2.45) is 11.8 Å². The van der Waals surface area contributed by atoms with Gasteiger partial charge < -0.3 is 19.9 Å². The van der Waals surface area contributed by atoms with Gasteiger partial charge in [0.25, 0.3) is 0 Å². The first-order chi connectivity index (χ1) is 14.5. The van der Waals surface area contributed by atoms with Gasteiger partial charge in [0, 0.05) is 50.5 Å². The summed E-state index contributed by atoms with van der Waals surface area (Å²) in [6.45, 7) is 6.30. The lowest BCUT2D eigenvalue weighted by molar-refractivity contribution is -0.139. The number of hydrogen-bond acceptors (Lipinski definition) is 4. The number of halogens is 3. The van der Waals surface area contributed by atoms with Crippen LogP contribution in [0.3, 0.4) is 0 Å². The molecule has 5 nitrogen and oxygen atoms in total. The van der Waals surface area contributed by atoms with E-state index in [-0.39, 0.29) is 17.9 Å². The van der Waals surface area contributed by atoms with Crippen LogP contribution in [0.5, 0.6) is 5.75 Å². The zero-order valence-electron chi connectivity index (χ0n) is 17.2. The number of nitrogens with zero attached hydrogens (tertiary/aromatic N) is 2. The van der Waals surface area contributed by atoms with Crippen LogP contribution >= 0.6 is 0 Å². The Morgan fingerprint density at radius 1 is 1.00 bits per heavy atom. The van der Waals surface area contributed by atoms with Gasteiger partial charge in [-0.2, -0.15) is 0 Å². The van der Waals surface area contributed by atoms with Gasteiger partial charge >= 0.3 is 0 Å². The largest absolute Gasteiger partial charge is 0.484 e. The van der Waals surface area contributed by atoms with Gasteiger partial charge in [-0.15, -0.1) is 0 Å². The summed E-state index contributed by atoms with van der Waals surface area (Å²) >= 11 is 0. The molecule has 4 rings (SSSR count). The van der Waals surface area contributed by atoms with E-state index in [1.54, 1.807) is 0 Å². The molecule has 1 atom stereocenters. The molecule has 166 valence electrons. The van der Waals surface area contributed by atoms with E-state index >= 15 is 0 Å². The van der Waals surface area contributed by atoms with Crippen molar-refractivity contribution >= 4 is 5.91 Å². The van der Waals surface area contributed by atoms with Gasteiger partial charge in [0.15, 0.2) is 17.4 Å². The summed E-state index contributed by atoms with van der Waals surface area (Å²) in [6, 6.07) is 1.24.